The number of aromatic hydroxyl groups is 1. The maximum Gasteiger partial charge on any atom is 0.228 e. The van der Waals surface area contributed by atoms with E-state index in [2.05, 4.69) is 46.9 Å². The third kappa shape index (κ3) is 5.32. The number of pyridine rings is 1. The van der Waals surface area contributed by atoms with Crippen LogP contribution < -0.4 is 15.1 Å². The maximum absolute atomic E-state index is 10.1. The van der Waals surface area contributed by atoms with Crippen LogP contribution >= 0.6 is 0 Å². The molecular weight excluding hydrogens is 440 g/mol. The van der Waals surface area contributed by atoms with Crippen LogP contribution in [0.15, 0.2) is 42.6 Å². The number of hydrogen-bond acceptors (Lipinski definition) is 8. The molecule has 4 heterocycles. The Hall–Kier alpha value is -3.39. The molecule has 3 aromatic rings. The predicted octanol–water partition coefficient (Wildman–Crippen LogP) is 4.62. The molecular formula is C27H34N6O2. The number of benzene rings is 1. The Balaban J connectivity index is 1.50. The largest absolute Gasteiger partial charge is 0.508 e. The van der Waals surface area contributed by atoms with Crippen LogP contribution in [0, 0.1) is 5.41 Å². The highest BCUT2D eigenvalue weighted by atomic mass is 16.5. The number of rotatable bonds is 6. The number of anilines is 4. The first-order valence-corrected chi connectivity index (χ1v) is 12.4. The van der Waals surface area contributed by atoms with Gasteiger partial charge in [-0.3, -0.25) is 0 Å². The molecule has 0 atom stereocenters. The molecule has 35 heavy (non-hydrogen) atoms. The minimum absolute atomic E-state index is 0.234. The summed E-state index contributed by atoms with van der Waals surface area (Å²) in [5, 5.41) is 13.6. The number of hydrogen-bond donors (Lipinski definition) is 2. The SMILES string of the molecule is CC(C)(C)CCNc1cc(N2CCc3c(-c4cccc(O)c4)nc(N4CCOCC4)nc32)ccn1. The van der Waals surface area contributed by atoms with Gasteiger partial charge < -0.3 is 25.0 Å². The normalized spacial score (nSPS) is 15.9. The summed E-state index contributed by atoms with van der Waals surface area (Å²) in [5.41, 5.74) is 4.22. The molecule has 0 saturated carbocycles. The molecule has 0 radical (unpaired) electrons. The molecule has 2 aliphatic rings. The second-order valence-electron chi connectivity index (χ2n) is 10.4. The number of ether oxygens (including phenoxy) is 1. The van der Waals surface area contributed by atoms with Gasteiger partial charge in [-0.15, -0.1) is 0 Å². The van der Waals surface area contributed by atoms with Crippen molar-refractivity contribution < 1.29 is 9.84 Å². The molecule has 5 rings (SSSR count). The average molecular weight is 475 g/mol. The van der Waals surface area contributed by atoms with Crippen LogP contribution in [0.5, 0.6) is 5.75 Å². The van der Waals surface area contributed by atoms with E-state index in [1.54, 1.807) is 12.1 Å². The van der Waals surface area contributed by atoms with E-state index in [4.69, 9.17) is 14.7 Å². The third-order valence-electron chi connectivity index (χ3n) is 6.46. The highest BCUT2D eigenvalue weighted by Gasteiger charge is 2.29. The molecule has 1 saturated heterocycles. The van der Waals surface area contributed by atoms with Gasteiger partial charge in [0, 0.05) is 55.3 Å². The van der Waals surface area contributed by atoms with Crippen LogP contribution in [0.2, 0.25) is 0 Å². The summed E-state index contributed by atoms with van der Waals surface area (Å²) in [5.74, 6) is 2.73. The first kappa shape index (κ1) is 23.4. The predicted molar refractivity (Wildman–Crippen MR) is 140 cm³/mol. The zero-order valence-electron chi connectivity index (χ0n) is 20.8. The molecule has 0 amide bonds. The van der Waals surface area contributed by atoms with E-state index in [-0.39, 0.29) is 11.2 Å². The van der Waals surface area contributed by atoms with E-state index in [1.165, 1.54) is 0 Å². The lowest BCUT2D eigenvalue weighted by atomic mass is 9.92. The van der Waals surface area contributed by atoms with Gasteiger partial charge in [-0.25, -0.2) is 9.97 Å². The lowest BCUT2D eigenvalue weighted by molar-refractivity contribution is 0.122. The third-order valence-corrected chi connectivity index (χ3v) is 6.46. The number of aromatic nitrogens is 3. The fraction of sp³-hybridized carbons (Fsp3) is 0.444. The monoisotopic (exact) mass is 474 g/mol. The first-order chi connectivity index (χ1) is 16.9. The van der Waals surface area contributed by atoms with Gasteiger partial charge in [-0.1, -0.05) is 32.9 Å². The fourth-order valence-corrected chi connectivity index (χ4v) is 4.54. The second-order valence-corrected chi connectivity index (χ2v) is 10.4. The van der Waals surface area contributed by atoms with Crippen LogP contribution in [-0.2, 0) is 11.2 Å². The highest BCUT2D eigenvalue weighted by molar-refractivity contribution is 5.78. The van der Waals surface area contributed by atoms with Crippen LogP contribution in [0.4, 0.5) is 23.3 Å². The molecule has 1 aromatic carbocycles. The molecule has 2 aromatic heterocycles. The van der Waals surface area contributed by atoms with Gasteiger partial charge in [-0.2, -0.15) is 4.98 Å². The summed E-state index contributed by atoms with van der Waals surface area (Å²) < 4.78 is 5.55. The summed E-state index contributed by atoms with van der Waals surface area (Å²) in [6.45, 7) is 11.3. The summed E-state index contributed by atoms with van der Waals surface area (Å²) in [6, 6.07) is 11.5. The molecule has 1 fully saturated rings. The van der Waals surface area contributed by atoms with Crippen molar-refractivity contribution in [2.75, 3.05) is 54.5 Å². The zero-order valence-corrected chi connectivity index (χ0v) is 20.8. The molecule has 2 aliphatic heterocycles. The van der Waals surface area contributed by atoms with Gasteiger partial charge >= 0.3 is 0 Å². The summed E-state index contributed by atoms with van der Waals surface area (Å²) in [6.07, 6.45) is 3.75. The topological polar surface area (TPSA) is 86.6 Å². The molecule has 0 bridgehead atoms. The van der Waals surface area contributed by atoms with Crippen molar-refractivity contribution in [3.63, 3.8) is 0 Å². The van der Waals surface area contributed by atoms with E-state index < -0.39 is 0 Å². The number of fused-ring (bicyclic) bond motifs is 1. The Kier molecular flexibility index (Phi) is 6.47. The molecule has 0 aliphatic carbocycles. The van der Waals surface area contributed by atoms with Gasteiger partial charge in [0.05, 0.1) is 18.9 Å². The Bertz CT molecular complexity index is 1190. The summed E-state index contributed by atoms with van der Waals surface area (Å²) in [7, 11) is 0. The summed E-state index contributed by atoms with van der Waals surface area (Å²) in [4.78, 5) is 19.0. The number of phenolic OH excluding ortho intramolecular Hbond substituents is 1. The van der Waals surface area contributed by atoms with Crippen LogP contribution in [0.1, 0.15) is 32.8 Å². The molecule has 0 spiro atoms. The quantitative estimate of drug-likeness (QED) is 0.535. The van der Waals surface area contributed by atoms with E-state index in [9.17, 15) is 5.11 Å². The minimum atomic E-state index is 0.234. The van der Waals surface area contributed by atoms with Gasteiger partial charge in [0.15, 0.2) is 0 Å². The zero-order chi connectivity index (χ0) is 24.4. The van der Waals surface area contributed by atoms with E-state index in [0.717, 1.165) is 73.2 Å². The van der Waals surface area contributed by atoms with Crippen molar-refractivity contribution in [2.24, 2.45) is 5.41 Å². The van der Waals surface area contributed by atoms with Gasteiger partial charge in [0.1, 0.15) is 17.4 Å². The van der Waals surface area contributed by atoms with Gasteiger partial charge in [0.25, 0.3) is 0 Å². The standard InChI is InChI=1S/C27H34N6O2/c1-27(2,3)9-11-29-23-18-20(7-10-28-23)33-12-8-22-24(19-5-4-6-21(34)17-19)30-26(31-25(22)33)32-13-15-35-16-14-32/h4-7,10,17-18,34H,8-9,11-16H2,1-3H3,(H,28,29). The lowest BCUT2D eigenvalue weighted by Crippen LogP contribution is -2.37. The summed E-state index contributed by atoms with van der Waals surface area (Å²) >= 11 is 0. The number of phenols is 1. The van der Waals surface area contributed by atoms with Crippen molar-refractivity contribution in [3.05, 3.63) is 48.2 Å². The van der Waals surface area contributed by atoms with Crippen molar-refractivity contribution in [1.29, 1.82) is 0 Å². The van der Waals surface area contributed by atoms with Crippen LogP contribution in [0.3, 0.4) is 0 Å². The van der Waals surface area contributed by atoms with Gasteiger partial charge in [0.2, 0.25) is 5.95 Å². The maximum atomic E-state index is 10.1. The molecule has 2 N–H and O–H groups in total. The highest BCUT2D eigenvalue weighted by Crippen LogP contribution is 2.40. The first-order valence-electron chi connectivity index (χ1n) is 12.4. The van der Waals surface area contributed by atoms with Crippen molar-refractivity contribution in [2.45, 2.75) is 33.6 Å². The van der Waals surface area contributed by atoms with Crippen LogP contribution in [0.25, 0.3) is 11.3 Å². The van der Waals surface area contributed by atoms with Crippen LogP contribution in [-0.4, -0.2) is 59.5 Å². The number of morpholine rings is 1. The van der Waals surface area contributed by atoms with E-state index in [1.807, 2.05) is 24.4 Å². The Morgan fingerprint density at radius 2 is 1.89 bits per heavy atom. The minimum Gasteiger partial charge on any atom is -0.508 e. The molecule has 8 heteroatoms. The molecule has 8 nitrogen and oxygen atoms in total. The number of nitrogens with zero attached hydrogens (tertiary/aromatic N) is 5. The molecule has 184 valence electrons. The number of nitrogens with one attached hydrogen (secondary N) is 1. The fourth-order valence-electron chi connectivity index (χ4n) is 4.54. The Morgan fingerprint density at radius 3 is 2.66 bits per heavy atom. The Labute approximate surface area is 207 Å². The van der Waals surface area contributed by atoms with Crippen molar-refractivity contribution in [3.8, 4) is 17.0 Å². The Morgan fingerprint density at radius 1 is 1.06 bits per heavy atom. The smallest absolute Gasteiger partial charge is 0.228 e. The van der Waals surface area contributed by atoms with Crippen molar-refractivity contribution in [1.82, 2.24) is 15.0 Å². The van der Waals surface area contributed by atoms with E-state index >= 15 is 0 Å². The lowest BCUT2D eigenvalue weighted by Gasteiger charge is -2.28. The second kappa shape index (κ2) is 9.70. The average Bonchev–Trinajstić information content (AvgIpc) is 3.27. The van der Waals surface area contributed by atoms with Gasteiger partial charge in [-0.05, 0) is 36.5 Å². The van der Waals surface area contributed by atoms with Crippen molar-refractivity contribution >= 4 is 23.3 Å². The van der Waals surface area contributed by atoms with E-state index in [0.29, 0.717) is 19.2 Å². The molecule has 0 unspecified atom stereocenters.